The van der Waals surface area contributed by atoms with E-state index in [1.807, 2.05) is 16.8 Å². The Labute approximate surface area is 159 Å². The first kappa shape index (κ1) is 17.9. The number of amides is 1. The van der Waals surface area contributed by atoms with Crippen molar-refractivity contribution in [3.63, 3.8) is 0 Å². The molecule has 0 saturated carbocycles. The van der Waals surface area contributed by atoms with E-state index in [4.69, 9.17) is 0 Å². The van der Waals surface area contributed by atoms with E-state index in [0.717, 1.165) is 70.3 Å². The molecule has 27 heavy (non-hydrogen) atoms. The highest BCUT2D eigenvalue weighted by Crippen LogP contribution is 2.24. The summed E-state index contributed by atoms with van der Waals surface area (Å²) in [5, 5.41) is 0. The van der Waals surface area contributed by atoms with Gasteiger partial charge in [0.2, 0.25) is 5.91 Å². The van der Waals surface area contributed by atoms with Gasteiger partial charge in [-0.05, 0) is 19.4 Å². The number of carbonyl (C=O) groups is 1. The van der Waals surface area contributed by atoms with Gasteiger partial charge in [0.15, 0.2) is 0 Å². The first-order valence-electron chi connectivity index (χ1n) is 9.81. The minimum atomic E-state index is 0.143. The van der Waals surface area contributed by atoms with Crippen LogP contribution in [0, 0.1) is 5.92 Å². The van der Waals surface area contributed by atoms with Crippen molar-refractivity contribution < 1.29 is 4.79 Å². The third-order valence-electron chi connectivity index (χ3n) is 5.71. The predicted molar refractivity (Wildman–Crippen MR) is 103 cm³/mol. The highest BCUT2D eigenvalue weighted by molar-refractivity contribution is 5.79. The lowest BCUT2D eigenvalue weighted by Gasteiger charge is -2.38. The highest BCUT2D eigenvalue weighted by Gasteiger charge is 2.30. The summed E-state index contributed by atoms with van der Waals surface area (Å²) in [6, 6.07) is 1.98. The Hall–Kier alpha value is -2.48. The van der Waals surface area contributed by atoms with Crippen LogP contribution in [-0.4, -0.2) is 81.0 Å². The molecule has 2 aromatic rings. The number of aromatic nitrogens is 4. The first-order valence-corrected chi connectivity index (χ1v) is 9.81. The molecule has 4 heterocycles. The second-order valence-electron chi connectivity index (χ2n) is 7.23. The van der Waals surface area contributed by atoms with Gasteiger partial charge in [0.25, 0.3) is 0 Å². The molecule has 2 aromatic heterocycles. The van der Waals surface area contributed by atoms with Crippen LogP contribution in [0.25, 0.3) is 5.82 Å². The fourth-order valence-corrected chi connectivity index (χ4v) is 3.94. The van der Waals surface area contributed by atoms with Crippen LogP contribution in [0.15, 0.2) is 31.1 Å². The largest absolute Gasteiger partial charge is 0.356 e. The molecule has 0 spiro atoms. The number of hydrogen-bond donors (Lipinski definition) is 0. The Morgan fingerprint density at radius 2 is 1.81 bits per heavy atom. The minimum absolute atomic E-state index is 0.143. The minimum Gasteiger partial charge on any atom is -0.356 e. The molecule has 0 N–H and O–H groups in total. The van der Waals surface area contributed by atoms with Crippen molar-refractivity contribution in [3.05, 3.63) is 31.1 Å². The lowest BCUT2D eigenvalue weighted by molar-refractivity contribution is -0.137. The number of nitrogens with zero attached hydrogens (tertiary/aromatic N) is 7. The van der Waals surface area contributed by atoms with Gasteiger partial charge in [-0.2, -0.15) is 0 Å². The van der Waals surface area contributed by atoms with E-state index in [1.54, 1.807) is 18.9 Å². The number of piperidine rings is 1. The first-order chi connectivity index (χ1) is 13.2. The fraction of sp³-hybridized carbons (Fsp3) is 0.579. The fourth-order valence-electron chi connectivity index (χ4n) is 3.94. The van der Waals surface area contributed by atoms with Crippen LogP contribution in [0.4, 0.5) is 5.82 Å². The Balaban J connectivity index is 1.34. The lowest BCUT2D eigenvalue weighted by Crippen LogP contribution is -2.51. The second-order valence-corrected chi connectivity index (χ2v) is 7.23. The summed E-state index contributed by atoms with van der Waals surface area (Å²) >= 11 is 0. The highest BCUT2D eigenvalue weighted by atomic mass is 16.2. The van der Waals surface area contributed by atoms with Crippen LogP contribution in [0.5, 0.6) is 0 Å². The summed E-state index contributed by atoms with van der Waals surface area (Å²) in [5.74, 6) is 2.21. The molecule has 2 aliphatic rings. The standard InChI is InChI=1S/C19H27N7O/c1-2-23-9-11-25(12-10-23)19(27)16-3-6-24(7-4-16)17-13-18(22-14-21-17)26-8-5-20-15-26/h5,8,13-16H,2-4,6-7,9-12H2,1H3. The van der Waals surface area contributed by atoms with Gasteiger partial charge in [-0.3, -0.25) is 9.36 Å². The van der Waals surface area contributed by atoms with E-state index >= 15 is 0 Å². The van der Waals surface area contributed by atoms with Gasteiger partial charge in [0.05, 0.1) is 0 Å². The number of likely N-dealkylation sites (N-methyl/N-ethyl adjacent to an activating group) is 1. The summed E-state index contributed by atoms with van der Waals surface area (Å²) < 4.78 is 1.87. The number of carbonyl (C=O) groups excluding carboxylic acids is 1. The molecule has 0 radical (unpaired) electrons. The molecule has 0 bridgehead atoms. The van der Waals surface area contributed by atoms with Crippen molar-refractivity contribution in [1.29, 1.82) is 0 Å². The van der Waals surface area contributed by atoms with Crippen LogP contribution >= 0.6 is 0 Å². The zero-order valence-electron chi connectivity index (χ0n) is 15.9. The van der Waals surface area contributed by atoms with E-state index in [2.05, 4.69) is 36.6 Å². The Bertz CT molecular complexity index is 747. The molecule has 1 amide bonds. The van der Waals surface area contributed by atoms with Gasteiger partial charge >= 0.3 is 0 Å². The average Bonchev–Trinajstić information content (AvgIpc) is 3.29. The second kappa shape index (κ2) is 8.04. The third-order valence-corrected chi connectivity index (χ3v) is 5.71. The number of imidazole rings is 1. The smallest absolute Gasteiger partial charge is 0.225 e. The summed E-state index contributed by atoms with van der Waals surface area (Å²) in [6.45, 7) is 8.69. The molecule has 2 saturated heterocycles. The lowest BCUT2D eigenvalue weighted by atomic mass is 9.95. The molecular weight excluding hydrogens is 342 g/mol. The zero-order chi connectivity index (χ0) is 18.6. The van der Waals surface area contributed by atoms with E-state index in [1.165, 1.54) is 0 Å². The Morgan fingerprint density at radius 3 is 2.48 bits per heavy atom. The van der Waals surface area contributed by atoms with Crippen LogP contribution in [0.3, 0.4) is 0 Å². The van der Waals surface area contributed by atoms with Gasteiger partial charge in [-0.1, -0.05) is 6.92 Å². The molecule has 8 heteroatoms. The van der Waals surface area contributed by atoms with Gasteiger partial charge in [-0.25, -0.2) is 15.0 Å². The molecular formula is C19H27N7O. The molecule has 0 unspecified atom stereocenters. The van der Waals surface area contributed by atoms with Crippen LogP contribution in [-0.2, 0) is 4.79 Å². The van der Waals surface area contributed by atoms with Crippen molar-refractivity contribution in [2.75, 3.05) is 50.7 Å². The molecule has 0 atom stereocenters. The number of anilines is 1. The predicted octanol–water partition coefficient (Wildman–Crippen LogP) is 1.04. The molecule has 2 aliphatic heterocycles. The van der Waals surface area contributed by atoms with Gasteiger partial charge < -0.3 is 14.7 Å². The van der Waals surface area contributed by atoms with Crippen LogP contribution in [0.2, 0.25) is 0 Å². The van der Waals surface area contributed by atoms with Gasteiger partial charge in [0.1, 0.15) is 24.3 Å². The summed E-state index contributed by atoms with van der Waals surface area (Å²) in [7, 11) is 0. The van der Waals surface area contributed by atoms with Crippen LogP contribution < -0.4 is 4.90 Å². The number of rotatable bonds is 4. The molecule has 8 nitrogen and oxygen atoms in total. The average molecular weight is 369 g/mol. The van der Waals surface area contributed by atoms with Crippen molar-refractivity contribution in [3.8, 4) is 5.82 Å². The topological polar surface area (TPSA) is 70.4 Å². The summed E-state index contributed by atoms with van der Waals surface area (Å²) in [5.41, 5.74) is 0. The quantitative estimate of drug-likeness (QED) is 0.802. The van der Waals surface area contributed by atoms with Crippen molar-refractivity contribution in [2.45, 2.75) is 19.8 Å². The molecule has 4 rings (SSSR count). The maximum atomic E-state index is 12.9. The van der Waals surface area contributed by atoms with Crippen molar-refractivity contribution in [2.24, 2.45) is 5.92 Å². The number of piperazine rings is 1. The molecule has 144 valence electrons. The maximum Gasteiger partial charge on any atom is 0.225 e. The normalized spacial score (nSPS) is 19.4. The molecule has 2 fully saturated rings. The van der Waals surface area contributed by atoms with E-state index in [9.17, 15) is 4.79 Å². The SMILES string of the molecule is CCN1CCN(C(=O)C2CCN(c3cc(-n4ccnc4)ncn3)CC2)CC1. The molecule has 0 aromatic carbocycles. The maximum absolute atomic E-state index is 12.9. The van der Waals surface area contributed by atoms with Crippen molar-refractivity contribution >= 4 is 11.7 Å². The summed E-state index contributed by atoms with van der Waals surface area (Å²) in [4.78, 5) is 32.4. The monoisotopic (exact) mass is 369 g/mol. The van der Waals surface area contributed by atoms with Gasteiger partial charge in [0, 0.05) is 63.6 Å². The molecule has 0 aliphatic carbocycles. The van der Waals surface area contributed by atoms with E-state index in [0.29, 0.717) is 5.91 Å². The van der Waals surface area contributed by atoms with Gasteiger partial charge in [-0.15, -0.1) is 0 Å². The Kier molecular flexibility index (Phi) is 5.33. The third kappa shape index (κ3) is 3.95. The number of hydrogen-bond acceptors (Lipinski definition) is 6. The van der Waals surface area contributed by atoms with Crippen molar-refractivity contribution in [1.82, 2.24) is 29.3 Å². The van der Waals surface area contributed by atoms with E-state index in [-0.39, 0.29) is 5.92 Å². The summed E-state index contributed by atoms with van der Waals surface area (Å²) in [6.07, 6.45) is 8.70. The Morgan fingerprint density at radius 1 is 1.07 bits per heavy atom. The van der Waals surface area contributed by atoms with Crippen LogP contribution in [0.1, 0.15) is 19.8 Å². The zero-order valence-corrected chi connectivity index (χ0v) is 15.9. The van der Waals surface area contributed by atoms with E-state index < -0.39 is 0 Å².